The van der Waals surface area contributed by atoms with Gasteiger partial charge in [-0.05, 0) is 57.0 Å². The zero-order valence-electron chi connectivity index (χ0n) is 17.5. The van der Waals surface area contributed by atoms with Gasteiger partial charge >= 0.3 is 6.09 Å². The molecule has 1 aliphatic heterocycles. The minimum absolute atomic E-state index is 0.260. The Balaban J connectivity index is 1.56. The molecule has 0 unspecified atom stereocenters. The number of hydrogen-bond donors (Lipinski definition) is 0. The van der Waals surface area contributed by atoms with E-state index in [9.17, 15) is 13.2 Å². The van der Waals surface area contributed by atoms with E-state index in [4.69, 9.17) is 9.47 Å². The van der Waals surface area contributed by atoms with E-state index < -0.39 is 15.4 Å². The van der Waals surface area contributed by atoms with Crippen LogP contribution in [0.15, 0.2) is 40.6 Å². The largest absolute Gasteiger partial charge is 0.487 e. The highest BCUT2D eigenvalue weighted by Crippen LogP contribution is 2.27. The lowest BCUT2D eigenvalue weighted by molar-refractivity contribution is 0.0270. The van der Waals surface area contributed by atoms with Crippen LogP contribution in [0.2, 0.25) is 0 Å². The van der Waals surface area contributed by atoms with Gasteiger partial charge in [-0.3, -0.25) is 0 Å². The average molecular weight is 451 g/mol. The number of aromatic nitrogens is 1. The summed E-state index contributed by atoms with van der Waals surface area (Å²) in [4.78, 5) is 18.7. The Kier molecular flexibility index (Phi) is 6.52. The van der Waals surface area contributed by atoms with Gasteiger partial charge in [0.25, 0.3) is 0 Å². The average Bonchev–Trinajstić information content (AvgIpc) is 3.14. The summed E-state index contributed by atoms with van der Waals surface area (Å²) in [5, 5.41) is 2.87. The summed E-state index contributed by atoms with van der Waals surface area (Å²) in [5.74, 6) is 0.585. The third-order valence-electron chi connectivity index (χ3n) is 4.33. The highest BCUT2D eigenvalue weighted by Gasteiger charge is 2.24. The van der Waals surface area contributed by atoms with Crippen molar-refractivity contribution in [2.75, 3.05) is 19.3 Å². The lowest BCUT2D eigenvalue weighted by Crippen LogP contribution is -2.39. The minimum atomic E-state index is -3.22. The van der Waals surface area contributed by atoms with Crippen molar-refractivity contribution in [3.63, 3.8) is 0 Å². The molecule has 0 atom stereocenters. The molecular weight excluding hydrogens is 424 g/mol. The molecule has 1 aromatic carbocycles. The van der Waals surface area contributed by atoms with Crippen LogP contribution in [0.3, 0.4) is 0 Å². The van der Waals surface area contributed by atoms with Crippen LogP contribution in [0, 0.1) is 0 Å². The van der Waals surface area contributed by atoms with Gasteiger partial charge < -0.3 is 14.4 Å². The Morgan fingerprint density at radius 3 is 2.50 bits per heavy atom. The molecular formula is C21H26N2O5S2. The van der Waals surface area contributed by atoms with Crippen molar-refractivity contribution in [3.8, 4) is 5.75 Å². The van der Waals surface area contributed by atoms with E-state index in [1.807, 2.05) is 32.2 Å². The molecule has 2 aromatic rings. The third-order valence-corrected chi connectivity index (χ3v) is 6.42. The zero-order chi connectivity index (χ0) is 21.9. The van der Waals surface area contributed by atoms with Crippen molar-refractivity contribution in [1.29, 1.82) is 0 Å². The first kappa shape index (κ1) is 22.3. The van der Waals surface area contributed by atoms with Crippen LogP contribution in [0.4, 0.5) is 4.79 Å². The Bertz CT molecular complexity index is 1030. The summed E-state index contributed by atoms with van der Waals surface area (Å²) in [5.41, 5.74) is 1.41. The zero-order valence-corrected chi connectivity index (χ0v) is 19.2. The molecule has 0 bridgehead atoms. The van der Waals surface area contributed by atoms with Crippen molar-refractivity contribution < 1.29 is 22.7 Å². The van der Waals surface area contributed by atoms with Gasteiger partial charge in [0, 0.05) is 24.7 Å². The molecule has 0 fully saturated rings. The molecule has 9 heteroatoms. The molecule has 0 saturated carbocycles. The molecule has 0 aliphatic carbocycles. The van der Waals surface area contributed by atoms with Gasteiger partial charge in [0.05, 0.1) is 10.6 Å². The summed E-state index contributed by atoms with van der Waals surface area (Å²) in [7, 11) is -3.22. The maximum Gasteiger partial charge on any atom is 0.410 e. The normalized spacial score (nSPS) is 14.9. The number of ether oxygens (including phenoxy) is 2. The van der Waals surface area contributed by atoms with Crippen LogP contribution in [-0.2, 0) is 21.2 Å². The molecule has 0 saturated heterocycles. The maximum atomic E-state index is 12.2. The molecule has 0 N–H and O–H groups in total. The number of carbonyl (C=O) groups excluding carboxylic acids is 1. The van der Waals surface area contributed by atoms with Crippen molar-refractivity contribution in [2.45, 2.75) is 44.3 Å². The molecule has 1 aliphatic rings. The lowest BCUT2D eigenvalue weighted by Gasteiger charge is -2.29. The molecule has 3 rings (SSSR count). The van der Waals surface area contributed by atoms with E-state index in [0.29, 0.717) is 25.4 Å². The van der Waals surface area contributed by atoms with Gasteiger partial charge in [0.2, 0.25) is 0 Å². The smallest absolute Gasteiger partial charge is 0.410 e. The van der Waals surface area contributed by atoms with Gasteiger partial charge in [-0.1, -0.05) is 6.08 Å². The summed E-state index contributed by atoms with van der Waals surface area (Å²) < 4.78 is 34.2. The molecule has 30 heavy (non-hydrogen) atoms. The van der Waals surface area contributed by atoms with Gasteiger partial charge in [-0.25, -0.2) is 18.2 Å². The van der Waals surface area contributed by atoms with E-state index in [1.54, 1.807) is 28.4 Å². The summed E-state index contributed by atoms with van der Waals surface area (Å²) in [6, 6.07) is 6.33. The van der Waals surface area contributed by atoms with Crippen molar-refractivity contribution in [1.82, 2.24) is 9.88 Å². The fourth-order valence-corrected chi connectivity index (χ4v) is 4.32. The Morgan fingerprint density at radius 2 is 1.93 bits per heavy atom. The van der Waals surface area contributed by atoms with Crippen molar-refractivity contribution >= 4 is 32.8 Å². The number of amides is 1. The first-order valence-electron chi connectivity index (χ1n) is 9.56. The number of thiazole rings is 1. The number of carbonyl (C=O) groups is 1. The Labute approximate surface area is 181 Å². The van der Waals surface area contributed by atoms with E-state index in [-0.39, 0.29) is 11.0 Å². The SMILES string of the molecule is CC(C)(C)OC(=O)N1CC=C(c2nc(COc3ccc(S(C)(=O)=O)cc3)cs2)CC1. The standard InChI is InChI=1S/C21H26N2O5S2/c1-21(2,3)28-20(24)23-11-9-15(10-12-23)19-22-16(14-29-19)13-27-17-5-7-18(8-6-17)30(4,25)26/h5-9,14H,10-13H2,1-4H3. The van der Waals surface area contributed by atoms with Crippen molar-refractivity contribution in [2.24, 2.45) is 0 Å². The molecule has 1 aromatic heterocycles. The summed E-state index contributed by atoms with van der Waals surface area (Å²) in [6.07, 6.45) is 3.61. The second kappa shape index (κ2) is 8.77. The molecule has 0 spiro atoms. The number of hydrogen-bond acceptors (Lipinski definition) is 7. The molecule has 1 amide bonds. The topological polar surface area (TPSA) is 85.8 Å². The highest BCUT2D eigenvalue weighted by molar-refractivity contribution is 7.90. The molecule has 2 heterocycles. The van der Waals surface area contributed by atoms with Crippen LogP contribution in [0.5, 0.6) is 5.75 Å². The number of sulfone groups is 1. The van der Waals surface area contributed by atoms with Gasteiger partial charge in [0.1, 0.15) is 23.0 Å². The monoisotopic (exact) mass is 450 g/mol. The van der Waals surface area contributed by atoms with E-state index in [0.717, 1.165) is 22.7 Å². The maximum absolute atomic E-state index is 12.2. The number of rotatable bonds is 5. The Morgan fingerprint density at radius 1 is 1.23 bits per heavy atom. The number of nitrogens with zero attached hydrogens (tertiary/aromatic N) is 2. The van der Waals surface area contributed by atoms with Crippen LogP contribution >= 0.6 is 11.3 Å². The quantitative estimate of drug-likeness (QED) is 0.680. The second-order valence-electron chi connectivity index (χ2n) is 8.08. The highest BCUT2D eigenvalue weighted by atomic mass is 32.2. The fraction of sp³-hybridized carbons (Fsp3) is 0.429. The van der Waals surface area contributed by atoms with Crippen LogP contribution in [0.25, 0.3) is 5.57 Å². The van der Waals surface area contributed by atoms with E-state index in [2.05, 4.69) is 4.98 Å². The predicted octanol–water partition coefficient (Wildman–Crippen LogP) is 4.15. The van der Waals surface area contributed by atoms with Crippen LogP contribution < -0.4 is 4.74 Å². The van der Waals surface area contributed by atoms with E-state index >= 15 is 0 Å². The summed E-state index contributed by atoms with van der Waals surface area (Å²) in [6.45, 7) is 6.97. The minimum Gasteiger partial charge on any atom is -0.487 e. The number of benzene rings is 1. The molecule has 0 radical (unpaired) electrons. The van der Waals surface area contributed by atoms with E-state index in [1.165, 1.54) is 18.4 Å². The third kappa shape index (κ3) is 6.06. The van der Waals surface area contributed by atoms with Gasteiger partial charge in [-0.2, -0.15) is 0 Å². The molecule has 7 nitrogen and oxygen atoms in total. The first-order chi connectivity index (χ1) is 14.0. The Hall–Kier alpha value is -2.39. The van der Waals surface area contributed by atoms with Crippen LogP contribution in [-0.4, -0.2) is 49.3 Å². The fourth-order valence-electron chi connectivity index (χ4n) is 2.82. The predicted molar refractivity (Wildman–Crippen MR) is 116 cm³/mol. The van der Waals surface area contributed by atoms with Gasteiger partial charge in [0.15, 0.2) is 9.84 Å². The van der Waals surface area contributed by atoms with Gasteiger partial charge in [-0.15, -0.1) is 11.3 Å². The molecule has 162 valence electrons. The van der Waals surface area contributed by atoms with Crippen LogP contribution in [0.1, 0.15) is 37.9 Å². The second-order valence-corrected chi connectivity index (χ2v) is 11.0. The van der Waals surface area contributed by atoms with Crippen molar-refractivity contribution in [3.05, 3.63) is 46.4 Å². The lowest BCUT2D eigenvalue weighted by atomic mass is 10.1. The summed E-state index contributed by atoms with van der Waals surface area (Å²) >= 11 is 1.54. The first-order valence-corrected chi connectivity index (χ1v) is 12.3.